The summed E-state index contributed by atoms with van der Waals surface area (Å²) < 4.78 is 25.0. The first kappa shape index (κ1) is 31.1. The third-order valence-electron chi connectivity index (χ3n) is 8.24. The molecule has 224 valence electrons. The molecule has 0 aliphatic carbocycles. The topological polar surface area (TPSA) is 141 Å². The van der Waals surface area contributed by atoms with Crippen LogP contribution in [0.25, 0.3) is 0 Å². The van der Waals surface area contributed by atoms with Crippen molar-refractivity contribution in [1.82, 2.24) is 4.90 Å². The number of aliphatic hydroxyl groups excluding tert-OH is 1. The Bertz CT molecular complexity index is 1270. The van der Waals surface area contributed by atoms with Gasteiger partial charge in [0.25, 0.3) is 5.69 Å². The molecular formula is C29H40N2O9Si. The van der Waals surface area contributed by atoms with E-state index in [4.69, 9.17) is 18.6 Å². The molecule has 0 saturated carbocycles. The van der Waals surface area contributed by atoms with Gasteiger partial charge in [0.15, 0.2) is 19.8 Å². The maximum atomic E-state index is 14.0. The quantitative estimate of drug-likeness (QED) is 0.268. The number of carbonyl (C=O) groups excluding carboxylic acids is 1. The highest BCUT2D eigenvalue weighted by Crippen LogP contribution is 2.50. The van der Waals surface area contributed by atoms with Crippen LogP contribution in [0, 0.1) is 10.1 Å². The molecule has 2 saturated heterocycles. The Labute approximate surface area is 241 Å². The molecule has 11 nitrogen and oxygen atoms in total. The average Bonchev–Trinajstić information content (AvgIpc) is 3.24. The first-order valence-corrected chi connectivity index (χ1v) is 16.5. The molecule has 0 aromatic heterocycles. The third-order valence-corrected chi connectivity index (χ3v) is 12.7. The summed E-state index contributed by atoms with van der Waals surface area (Å²) in [4.78, 5) is 26.1. The summed E-state index contributed by atoms with van der Waals surface area (Å²) in [6, 6.07) is 13.2. The average molecular weight is 589 g/mol. The number of fused-ring (bicyclic) bond motifs is 1. The van der Waals surface area contributed by atoms with Crippen molar-refractivity contribution in [3.63, 3.8) is 0 Å². The van der Waals surface area contributed by atoms with Crippen molar-refractivity contribution >= 4 is 20.1 Å². The molecule has 0 bridgehead atoms. The third kappa shape index (κ3) is 5.90. The summed E-state index contributed by atoms with van der Waals surface area (Å²) in [6.45, 7) is 12.9. The van der Waals surface area contributed by atoms with Crippen molar-refractivity contribution in [1.29, 1.82) is 0 Å². The van der Waals surface area contributed by atoms with Gasteiger partial charge in [-0.15, -0.1) is 0 Å². The zero-order valence-electron chi connectivity index (χ0n) is 24.6. The molecule has 41 heavy (non-hydrogen) atoms. The van der Waals surface area contributed by atoms with Gasteiger partial charge in [-0.25, -0.2) is 4.79 Å². The molecule has 2 fully saturated rings. The lowest BCUT2D eigenvalue weighted by Crippen LogP contribution is -2.74. The van der Waals surface area contributed by atoms with Gasteiger partial charge < -0.3 is 28.8 Å². The van der Waals surface area contributed by atoms with Gasteiger partial charge >= 0.3 is 6.09 Å². The smallest absolute Gasteiger partial charge is 0.413 e. The van der Waals surface area contributed by atoms with Crippen molar-refractivity contribution in [3.05, 3.63) is 75.8 Å². The van der Waals surface area contributed by atoms with Crippen molar-refractivity contribution in [2.75, 3.05) is 6.61 Å². The number of amides is 1. The van der Waals surface area contributed by atoms with Crippen LogP contribution in [0.3, 0.4) is 0 Å². The molecule has 5 atom stereocenters. The van der Waals surface area contributed by atoms with Crippen LogP contribution in [0.2, 0.25) is 18.1 Å². The lowest BCUT2D eigenvalue weighted by molar-refractivity contribution is -0.385. The normalized spacial score (nSPS) is 27.8. The van der Waals surface area contributed by atoms with Crippen LogP contribution in [0.15, 0.2) is 54.6 Å². The number of non-ortho nitro benzene ring substituents is 1. The molecule has 2 aliphatic rings. The number of rotatable bonds is 7. The fourth-order valence-corrected chi connectivity index (χ4v) is 6.48. The summed E-state index contributed by atoms with van der Waals surface area (Å²) in [5, 5.41) is 34.9. The zero-order valence-corrected chi connectivity index (χ0v) is 25.6. The van der Waals surface area contributed by atoms with Gasteiger partial charge in [0, 0.05) is 17.7 Å². The van der Waals surface area contributed by atoms with Gasteiger partial charge in [-0.3, -0.25) is 15.0 Å². The first-order valence-electron chi connectivity index (χ1n) is 13.6. The zero-order chi connectivity index (χ0) is 30.4. The number of nitrogens with zero attached hydrogens (tertiary/aromatic N) is 2. The summed E-state index contributed by atoms with van der Waals surface area (Å²) in [7, 11) is -2.54. The van der Waals surface area contributed by atoms with Crippen LogP contribution >= 0.6 is 0 Å². The van der Waals surface area contributed by atoms with E-state index in [1.165, 1.54) is 24.3 Å². The summed E-state index contributed by atoms with van der Waals surface area (Å²) >= 11 is 0. The summed E-state index contributed by atoms with van der Waals surface area (Å²) in [5.74, 6) is -1.21. The van der Waals surface area contributed by atoms with E-state index in [0.717, 1.165) is 4.90 Å². The van der Waals surface area contributed by atoms with Gasteiger partial charge in [-0.05, 0) is 37.5 Å². The van der Waals surface area contributed by atoms with Crippen LogP contribution < -0.4 is 0 Å². The highest BCUT2D eigenvalue weighted by molar-refractivity contribution is 6.74. The molecule has 1 amide bonds. The van der Waals surface area contributed by atoms with E-state index in [1.807, 2.05) is 19.2 Å². The van der Waals surface area contributed by atoms with Gasteiger partial charge in [0.2, 0.25) is 0 Å². The van der Waals surface area contributed by atoms with E-state index in [9.17, 15) is 25.1 Å². The standard InChI is InChI=1S/C29H40N2O9Si/c1-27(2,3)41(6,7)40-23-22(17-32)30(26(33)37-18-19-12-9-8-10-13-19)29(34,25-24(23)38-28(4,5)39-25)20-14-11-15-21(16-20)31(35)36/h8-16,22-25,32,34H,17-18H2,1-7H3/t22-,23-,24+,25+,29?/m1/s1. The molecule has 2 aliphatic heterocycles. The predicted molar refractivity (Wildman–Crippen MR) is 152 cm³/mol. The number of aliphatic hydroxyl groups is 2. The van der Waals surface area contributed by atoms with E-state index in [1.54, 1.807) is 38.1 Å². The van der Waals surface area contributed by atoms with Crippen LogP contribution in [0.4, 0.5) is 10.5 Å². The second-order valence-corrected chi connectivity index (χ2v) is 17.3. The molecule has 0 spiro atoms. The first-order chi connectivity index (χ1) is 19.0. The maximum Gasteiger partial charge on any atom is 0.413 e. The van der Waals surface area contributed by atoms with Crippen LogP contribution in [0.1, 0.15) is 45.7 Å². The number of carbonyl (C=O) groups is 1. The Hall–Kier alpha value is -2.87. The van der Waals surface area contributed by atoms with E-state index >= 15 is 0 Å². The minimum Gasteiger partial charge on any atom is -0.444 e. The van der Waals surface area contributed by atoms with Crippen molar-refractivity contribution in [2.45, 2.75) is 95.2 Å². The number of ether oxygens (including phenoxy) is 3. The van der Waals surface area contributed by atoms with Gasteiger partial charge in [0.05, 0.1) is 23.7 Å². The van der Waals surface area contributed by atoms with E-state index in [0.29, 0.717) is 5.56 Å². The molecule has 4 rings (SSSR count). The second-order valence-electron chi connectivity index (χ2n) is 12.6. The molecule has 2 aromatic carbocycles. The van der Waals surface area contributed by atoms with Crippen LogP contribution in [0.5, 0.6) is 0 Å². The van der Waals surface area contributed by atoms with Crippen molar-refractivity contribution < 1.29 is 38.6 Å². The molecule has 12 heteroatoms. The van der Waals surface area contributed by atoms with E-state index in [2.05, 4.69) is 20.8 Å². The number of hydrogen-bond acceptors (Lipinski definition) is 9. The molecule has 2 aromatic rings. The highest BCUT2D eigenvalue weighted by atomic mass is 28.4. The second kappa shape index (κ2) is 11.1. The molecule has 1 unspecified atom stereocenters. The van der Waals surface area contributed by atoms with E-state index < -0.39 is 61.8 Å². The fraction of sp³-hybridized carbons (Fsp3) is 0.552. The van der Waals surface area contributed by atoms with Crippen LogP contribution in [-0.4, -0.2) is 71.2 Å². The Balaban J connectivity index is 1.88. The van der Waals surface area contributed by atoms with Gasteiger partial charge in [-0.1, -0.05) is 63.2 Å². The molecule has 2 heterocycles. The number of likely N-dealkylation sites (tertiary alicyclic amines) is 1. The SMILES string of the molecule is CC1(C)O[C@H]2[C@H](O[Si](C)(C)C(C)(C)C)[C@@H](CO)N(C(=O)OCc3ccccc3)C(O)(c3cccc([N+](=O)[O-])c3)[C@H]2O1. The van der Waals surface area contributed by atoms with Crippen LogP contribution in [-0.2, 0) is 31.0 Å². The molecule has 0 radical (unpaired) electrons. The Morgan fingerprint density at radius 3 is 2.37 bits per heavy atom. The van der Waals surface area contributed by atoms with Crippen molar-refractivity contribution in [3.8, 4) is 0 Å². The Morgan fingerprint density at radius 2 is 1.78 bits per heavy atom. The summed E-state index contributed by atoms with van der Waals surface area (Å²) in [5.41, 5.74) is -1.88. The number of piperidine rings is 1. The van der Waals surface area contributed by atoms with E-state index in [-0.39, 0.29) is 22.9 Å². The fourth-order valence-electron chi connectivity index (χ4n) is 5.16. The number of nitro benzene ring substituents is 1. The predicted octanol–water partition coefficient (Wildman–Crippen LogP) is 4.66. The van der Waals surface area contributed by atoms with Gasteiger partial charge in [-0.2, -0.15) is 0 Å². The largest absolute Gasteiger partial charge is 0.444 e. The van der Waals surface area contributed by atoms with Crippen molar-refractivity contribution in [2.24, 2.45) is 0 Å². The number of benzene rings is 2. The monoisotopic (exact) mass is 588 g/mol. The maximum absolute atomic E-state index is 14.0. The van der Waals surface area contributed by atoms with Gasteiger partial charge in [0.1, 0.15) is 18.8 Å². The lowest BCUT2D eigenvalue weighted by Gasteiger charge is -2.55. The Morgan fingerprint density at radius 1 is 1.12 bits per heavy atom. The minimum atomic E-state index is -2.54. The number of hydrogen-bond donors (Lipinski definition) is 2. The highest BCUT2D eigenvalue weighted by Gasteiger charge is 2.67. The molecule has 2 N–H and O–H groups in total. The molecular weight excluding hydrogens is 548 g/mol. The minimum absolute atomic E-state index is 0.0175. The Kier molecular flexibility index (Phi) is 8.40. The lowest BCUT2D eigenvalue weighted by atomic mass is 9.81. The number of nitro groups is 1. The summed E-state index contributed by atoms with van der Waals surface area (Å²) in [6.07, 6.45) is -4.02.